The Labute approximate surface area is 340 Å². The van der Waals surface area contributed by atoms with Crippen molar-refractivity contribution < 1.29 is 0 Å². The predicted molar refractivity (Wildman–Crippen MR) is 248 cm³/mol. The minimum Gasteiger partial charge on any atom is -0.309 e. The number of nitrogens with zero attached hydrogens (tertiary/aromatic N) is 1. The van der Waals surface area contributed by atoms with Gasteiger partial charge in [-0.05, 0) is 101 Å². The molecule has 0 radical (unpaired) electrons. The second kappa shape index (κ2) is 13.5. The molecule has 0 unspecified atom stereocenters. The average molecular weight is 740 g/mol. The van der Waals surface area contributed by atoms with Gasteiger partial charge in [0.1, 0.15) is 0 Å². The van der Waals surface area contributed by atoms with Gasteiger partial charge in [-0.2, -0.15) is 0 Å². The normalized spacial score (nSPS) is 12.8. The Morgan fingerprint density at radius 3 is 1.71 bits per heavy atom. The van der Waals surface area contributed by atoms with E-state index in [1.54, 1.807) is 0 Å². The Morgan fingerprint density at radius 2 is 0.914 bits per heavy atom. The molecule has 0 saturated carbocycles. The first-order chi connectivity index (χ1) is 28.6. The number of rotatable bonds is 6. The van der Waals surface area contributed by atoms with E-state index in [1.807, 2.05) is 0 Å². The third kappa shape index (κ3) is 5.31. The number of anilines is 3. The predicted octanol–water partition coefficient (Wildman–Crippen LogP) is 15.9. The van der Waals surface area contributed by atoms with Crippen molar-refractivity contribution >= 4 is 49.4 Å². The summed E-state index contributed by atoms with van der Waals surface area (Å²) in [5.41, 5.74) is 15.9. The van der Waals surface area contributed by atoms with Crippen LogP contribution in [0.3, 0.4) is 0 Å². The van der Waals surface area contributed by atoms with Gasteiger partial charge in [-0.1, -0.05) is 202 Å². The topological polar surface area (TPSA) is 3.24 Å². The number of hydrogen-bond acceptors (Lipinski definition) is 1. The fourth-order valence-corrected chi connectivity index (χ4v) is 9.82. The maximum absolute atomic E-state index is 2.52. The molecule has 0 atom stereocenters. The molecule has 0 heterocycles. The molecule has 0 aliphatic heterocycles. The second-order valence-corrected chi connectivity index (χ2v) is 16.0. The van der Waals surface area contributed by atoms with Crippen LogP contribution in [0.2, 0.25) is 0 Å². The molecular formula is C57H41N. The summed E-state index contributed by atoms with van der Waals surface area (Å²) >= 11 is 0. The minimum atomic E-state index is -0.172. The maximum atomic E-state index is 2.52. The lowest BCUT2D eigenvalue weighted by Gasteiger charge is -2.32. The molecule has 58 heavy (non-hydrogen) atoms. The van der Waals surface area contributed by atoms with Crippen LogP contribution in [0.5, 0.6) is 0 Å². The summed E-state index contributed by atoms with van der Waals surface area (Å²) in [6.45, 7) is 4.78. The zero-order valence-corrected chi connectivity index (χ0v) is 32.7. The van der Waals surface area contributed by atoms with Crippen molar-refractivity contribution in [3.8, 4) is 44.5 Å². The van der Waals surface area contributed by atoms with Crippen molar-refractivity contribution in [1.29, 1.82) is 0 Å². The lowest BCUT2D eigenvalue weighted by Crippen LogP contribution is -2.17. The van der Waals surface area contributed by atoms with Crippen LogP contribution in [0.4, 0.5) is 17.1 Å². The summed E-state index contributed by atoms with van der Waals surface area (Å²) in [5.74, 6) is 0. The fraction of sp³-hybridized carbons (Fsp3) is 0.0526. The number of hydrogen-bond donors (Lipinski definition) is 0. The van der Waals surface area contributed by atoms with Crippen molar-refractivity contribution in [1.82, 2.24) is 0 Å². The van der Waals surface area contributed by atoms with E-state index in [0.717, 1.165) is 17.1 Å². The zero-order chi connectivity index (χ0) is 38.8. The monoisotopic (exact) mass is 739 g/mol. The molecule has 1 nitrogen and oxygen atoms in total. The van der Waals surface area contributed by atoms with E-state index in [0.29, 0.717) is 0 Å². The second-order valence-electron chi connectivity index (χ2n) is 16.0. The van der Waals surface area contributed by atoms with E-state index < -0.39 is 0 Å². The molecule has 0 bridgehead atoms. The van der Waals surface area contributed by atoms with Gasteiger partial charge in [-0.3, -0.25) is 0 Å². The Bertz CT molecular complexity index is 3190. The van der Waals surface area contributed by atoms with E-state index in [2.05, 4.69) is 231 Å². The van der Waals surface area contributed by atoms with E-state index >= 15 is 0 Å². The Balaban J connectivity index is 1.24. The van der Waals surface area contributed by atoms with Gasteiger partial charge < -0.3 is 4.90 Å². The molecule has 0 amide bonds. The van der Waals surface area contributed by atoms with Gasteiger partial charge in [0, 0.05) is 22.1 Å². The van der Waals surface area contributed by atoms with Crippen molar-refractivity contribution in [2.24, 2.45) is 0 Å². The molecule has 0 N–H and O–H groups in total. The van der Waals surface area contributed by atoms with E-state index in [1.165, 1.54) is 88.0 Å². The molecule has 1 heteroatoms. The third-order valence-electron chi connectivity index (χ3n) is 12.4. The summed E-state index contributed by atoms with van der Waals surface area (Å²) < 4.78 is 0. The lowest BCUT2D eigenvalue weighted by atomic mass is 9.77. The van der Waals surface area contributed by atoms with E-state index in [4.69, 9.17) is 0 Å². The molecule has 1 aliphatic carbocycles. The largest absolute Gasteiger partial charge is 0.309 e. The van der Waals surface area contributed by atoms with Crippen LogP contribution in [0.25, 0.3) is 76.8 Å². The summed E-state index contributed by atoms with van der Waals surface area (Å²) in [4.78, 5) is 2.52. The highest BCUT2D eigenvalue weighted by molar-refractivity contribution is 6.12. The molecule has 274 valence electrons. The zero-order valence-electron chi connectivity index (χ0n) is 32.7. The first-order valence-electron chi connectivity index (χ1n) is 20.3. The quantitative estimate of drug-likeness (QED) is 0.154. The number of fused-ring (bicyclic) bond motifs is 7. The van der Waals surface area contributed by atoms with Crippen LogP contribution in [0.1, 0.15) is 25.0 Å². The summed E-state index contributed by atoms with van der Waals surface area (Å²) in [5, 5.41) is 7.38. The van der Waals surface area contributed by atoms with Gasteiger partial charge in [0.2, 0.25) is 0 Å². The molecule has 0 spiro atoms. The minimum absolute atomic E-state index is 0.172. The Morgan fingerprint density at radius 1 is 0.345 bits per heavy atom. The summed E-state index contributed by atoms with van der Waals surface area (Å²) in [6.07, 6.45) is 0. The molecular weight excluding hydrogens is 699 g/mol. The first-order valence-corrected chi connectivity index (χ1v) is 20.3. The number of benzene rings is 10. The fourth-order valence-electron chi connectivity index (χ4n) is 9.82. The molecule has 0 fully saturated rings. The van der Waals surface area contributed by atoms with Crippen molar-refractivity contribution in [3.63, 3.8) is 0 Å². The standard InChI is InChI=1S/C57H41N/c1-57(2)52-29-14-13-24-46(52)49-27-15-28-50(56(49)57)48-26-16-30-54(55(48)41-20-7-4-8-21-41)58(42-34-33-40-32-31-39-19-9-10-22-43(39)51(40)37-42)53-36-35-44(38-17-5-3-6-18-38)45-23-11-12-25-47(45)53/h3-37H,1-2H3. The highest BCUT2D eigenvalue weighted by atomic mass is 15.1. The summed E-state index contributed by atoms with van der Waals surface area (Å²) in [6, 6.07) is 78.3. The van der Waals surface area contributed by atoms with Gasteiger partial charge in [0.05, 0.1) is 11.4 Å². The van der Waals surface area contributed by atoms with Crippen LogP contribution in [-0.4, -0.2) is 0 Å². The van der Waals surface area contributed by atoms with Crippen LogP contribution >= 0.6 is 0 Å². The smallest absolute Gasteiger partial charge is 0.0546 e. The average Bonchev–Trinajstić information content (AvgIpc) is 3.53. The van der Waals surface area contributed by atoms with Crippen molar-refractivity contribution in [3.05, 3.63) is 223 Å². The van der Waals surface area contributed by atoms with Gasteiger partial charge in [-0.25, -0.2) is 0 Å². The van der Waals surface area contributed by atoms with Crippen LogP contribution in [-0.2, 0) is 5.41 Å². The van der Waals surface area contributed by atoms with Crippen molar-refractivity contribution in [2.75, 3.05) is 4.90 Å². The maximum Gasteiger partial charge on any atom is 0.0546 e. The van der Waals surface area contributed by atoms with Crippen LogP contribution in [0.15, 0.2) is 212 Å². The van der Waals surface area contributed by atoms with Crippen LogP contribution in [0, 0.1) is 0 Å². The highest BCUT2D eigenvalue weighted by Crippen LogP contribution is 2.55. The Kier molecular flexibility index (Phi) is 7.91. The SMILES string of the molecule is CC1(C)c2ccccc2-c2cccc(-c3cccc(N(c4ccc5ccc6ccccc6c5c4)c4ccc(-c5ccccc5)c5ccccc45)c3-c3ccccc3)c21. The summed E-state index contributed by atoms with van der Waals surface area (Å²) in [7, 11) is 0. The van der Waals surface area contributed by atoms with Crippen LogP contribution < -0.4 is 4.90 Å². The third-order valence-corrected chi connectivity index (χ3v) is 12.4. The van der Waals surface area contributed by atoms with Gasteiger partial charge in [0.25, 0.3) is 0 Å². The van der Waals surface area contributed by atoms with E-state index in [-0.39, 0.29) is 5.41 Å². The molecule has 10 aromatic carbocycles. The molecule has 0 saturated heterocycles. The van der Waals surface area contributed by atoms with Gasteiger partial charge in [-0.15, -0.1) is 0 Å². The first kappa shape index (κ1) is 34.1. The van der Waals surface area contributed by atoms with Gasteiger partial charge in [0.15, 0.2) is 0 Å². The van der Waals surface area contributed by atoms with Crippen molar-refractivity contribution in [2.45, 2.75) is 19.3 Å². The molecule has 1 aliphatic rings. The molecule has 11 rings (SSSR count). The highest BCUT2D eigenvalue weighted by Gasteiger charge is 2.38. The van der Waals surface area contributed by atoms with Gasteiger partial charge >= 0.3 is 0 Å². The molecule has 0 aromatic heterocycles. The molecule has 10 aromatic rings. The lowest BCUT2D eigenvalue weighted by molar-refractivity contribution is 0.662. The van der Waals surface area contributed by atoms with E-state index in [9.17, 15) is 0 Å². The Hall–Kier alpha value is -7.22.